The SMILES string of the molecule is Cc1ccc2c(c1C)N(CCCNCc1ccccc1)c1nccnc1S2=O. The molecule has 4 rings (SSSR count). The molecule has 0 bridgehead atoms. The van der Waals surface area contributed by atoms with E-state index in [4.69, 9.17) is 0 Å². The maximum atomic E-state index is 13.0. The van der Waals surface area contributed by atoms with Gasteiger partial charge in [-0.15, -0.1) is 0 Å². The Bertz CT molecular complexity index is 1010. The number of nitrogens with zero attached hydrogens (tertiary/aromatic N) is 3. The zero-order valence-electron chi connectivity index (χ0n) is 16.2. The van der Waals surface area contributed by atoms with E-state index in [0.717, 1.165) is 42.2 Å². The van der Waals surface area contributed by atoms with E-state index in [0.29, 0.717) is 10.8 Å². The van der Waals surface area contributed by atoms with E-state index in [1.54, 1.807) is 12.4 Å². The Balaban J connectivity index is 1.53. The molecule has 1 aliphatic rings. The second kappa shape index (κ2) is 8.20. The number of aromatic nitrogens is 2. The van der Waals surface area contributed by atoms with Crippen molar-refractivity contribution < 1.29 is 4.21 Å². The molecule has 28 heavy (non-hydrogen) atoms. The largest absolute Gasteiger partial charge is 0.323 e. The van der Waals surface area contributed by atoms with Gasteiger partial charge in [-0.1, -0.05) is 36.4 Å². The van der Waals surface area contributed by atoms with Gasteiger partial charge in [-0.25, -0.2) is 14.2 Å². The zero-order chi connectivity index (χ0) is 19.5. The fraction of sp³-hybridized carbons (Fsp3) is 0.273. The van der Waals surface area contributed by atoms with Crippen LogP contribution < -0.4 is 10.2 Å². The number of benzene rings is 2. The van der Waals surface area contributed by atoms with Gasteiger partial charge in [-0.2, -0.15) is 0 Å². The summed E-state index contributed by atoms with van der Waals surface area (Å²) < 4.78 is 13.0. The molecule has 0 fully saturated rings. The molecule has 0 saturated carbocycles. The van der Waals surface area contributed by atoms with Gasteiger partial charge in [0.2, 0.25) is 0 Å². The third-order valence-corrected chi connectivity index (χ3v) is 6.49. The molecule has 2 aromatic carbocycles. The van der Waals surface area contributed by atoms with Gasteiger partial charge in [0.15, 0.2) is 10.8 Å². The first-order valence-electron chi connectivity index (χ1n) is 9.52. The van der Waals surface area contributed by atoms with Crippen molar-refractivity contribution in [3.05, 3.63) is 71.5 Å². The van der Waals surface area contributed by atoms with Gasteiger partial charge in [0.25, 0.3) is 0 Å². The summed E-state index contributed by atoms with van der Waals surface area (Å²) in [5.74, 6) is 0.713. The van der Waals surface area contributed by atoms with Crippen LogP contribution in [0.1, 0.15) is 23.1 Å². The van der Waals surface area contributed by atoms with Gasteiger partial charge in [-0.3, -0.25) is 0 Å². The fourth-order valence-corrected chi connectivity index (χ4v) is 4.84. The number of rotatable bonds is 6. The lowest BCUT2D eigenvalue weighted by Gasteiger charge is -2.32. The first kappa shape index (κ1) is 18.8. The number of fused-ring (bicyclic) bond motifs is 2. The summed E-state index contributed by atoms with van der Waals surface area (Å²) in [6.07, 6.45) is 4.23. The van der Waals surface area contributed by atoms with E-state index in [1.165, 1.54) is 11.1 Å². The van der Waals surface area contributed by atoms with Crippen LogP contribution in [-0.4, -0.2) is 27.3 Å². The molecule has 3 aromatic rings. The lowest BCUT2D eigenvalue weighted by atomic mass is 10.1. The van der Waals surface area contributed by atoms with Gasteiger partial charge in [-0.05, 0) is 49.6 Å². The first-order valence-corrected chi connectivity index (χ1v) is 10.7. The molecule has 0 spiro atoms. The van der Waals surface area contributed by atoms with E-state index in [2.05, 4.69) is 58.3 Å². The molecule has 1 unspecified atom stereocenters. The lowest BCUT2D eigenvalue weighted by Crippen LogP contribution is -2.29. The lowest BCUT2D eigenvalue weighted by molar-refractivity contribution is 0.643. The average molecular weight is 393 g/mol. The zero-order valence-corrected chi connectivity index (χ0v) is 17.0. The van der Waals surface area contributed by atoms with Crippen molar-refractivity contribution in [1.29, 1.82) is 0 Å². The second-order valence-electron chi connectivity index (χ2n) is 6.98. The van der Waals surface area contributed by atoms with Crippen LogP contribution in [0.2, 0.25) is 0 Å². The van der Waals surface area contributed by atoms with Crippen LogP contribution in [0.25, 0.3) is 0 Å². The molecule has 2 heterocycles. The molecule has 0 aliphatic carbocycles. The number of nitrogens with one attached hydrogen (secondary N) is 1. The van der Waals surface area contributed by atoms with Gasteiger partial charge in [0.1, 0.15) is 10.8 Å². The van der Waals surface area contributed by atoms with Crippen LogP contribution in [0.3, 0.4) is 0 Å². The third-order valence-electron chi connectivity index (χ3n) is 5.12. The highest BCUT2D eigenvalue weighted by Crippen LogP contribution is 2.42. The Morgan fingerprint density at radius 2 is 1.82 bits per heavy atom. The quantitative estimate of drug-likeness (QED) is 0.645. The molecule has 1 aliphatic heterocycles. The molecule has 6 heteroatoms. The molecule has 0 radical (unpaired) electrons. The smallest absolute Gasteiger partial charge is 0.175 e. The predicted octanol–water partition coefficient (Wildman–Crippen LogP) is 3.89. The van der Waals surface area contributed by atoms with E-state index >= 15 is 0 Å². The molecular weight excluding hydrogens is 368 g/mol. The van der Waals surface area contributed by atoms with Crippen LogP contribution in [0.4, 0.5) is 11.5 Å². The summed E-state index contributed by atoms with van der Waals surface area (Å²) in [4.78, 5) is 11.9. The van der Waals surface area contributed by atoms with Crippen LogP contribution in [0, 0.1) is 13.8 Å². The minimum absolute atomic E-state index is 0.551. The molecule has 5 nitrogen and oxygen atoms in total. The van der Waals surface area contributed by atoms with Gasteiger partial charge >= 0.3 is 0 Å². The number of hydrogen-bond acceptors (Lipinski definition) is 5. The minimum Gasteiger partial charge on any atom is -0.323 e. The molecule has 0 amide bonds. The second-order valence-corrected chi connectivity index (χ2v) is 8.34. The van der Waals surface area contributed by atoms with Crippen molar-refractivity contribution in [3.63, 3.8) is 0 Å². The highest BCUT2D eigenvalue weighted by molar-refractivity contribution is 7.85. The highest BCUT2D eigenvalue weighted by atomic mass is 32.2. The van der Waals surface area contributed by atoms with E-state index in [9.17, 15) is 4.21 Å². The Hall–Kier alpha value is -2.57. The average Bonchev–Trinajstić information content (AvgIpc) is 2.73. The van der Waals surface area contributed by atoms with Crippen molar-refractivity contribution >= 4 is 22.3 Å². The Morgan fingerprint density at radius 1 is 1.04 bits per heavy atom. The van der Waals surface area contributed by atoms with Gasteiger partial charge in [0, 0.05) is 25.5 Å². The molecule has 1 atom stereocenters. The summed E-state index contributed by atoms with van der Waals surface area (Å²) in [6.45, 7) is 6.72. The highest BCUT2D eigenvalue weighted by Gasteiger charge is 2.31. The van der Waals surface area contributed by atoms with E-state index in [1.807, 2.05) is 18.2 Å². The topological polar surface area (TPSA) is 58.1 Å². The normalized spacial score (nSPS) is 15.2. The number of anilines is 2. The Labute approximate surface area is 168 Å². The van der Waals surface area contributed by atoms with E-state index < -0.39 is 10.8 Å². The first-order chi connectivity index (χ1) is 13.7. The van der Waals surface area contributed by atoms with Crippen LogP contribution >= 0.6 is 0 Å². The maximum Gasteiger partial charge on any atom is 0.175 e. The fourth-order valence-electron chi connectivity index (χ4n) is 3.51. The van der Waals surface area contributed by atoms with Gasteiger partial charge in [0.05, 0.1) is 10.6 Å². The number of hydrogen-bond donors (Lipinski definition) is 1. The summed E-state index contributed by atoms with van der Waals surface area (Å²) in [7, 11) is -1.29. The Morgan fingerprint density at radius 3 is 2.64 bits per heavy atom. The molecule has 1 aromatic heterocycles. The van der Waals surface area contributed by atoms with Crippen LogP contribution in [0.15, 0.2) is 64.8 Å². The van der Waals surface area contributed by atoms with Crippen molar-refractivity contribution in [3.8, 4) is 0 Å². The van der Waals surface area contributed by atoms with Crippen molar-refractivity contribution in [2.24, 2.45) is 0 Å². The Kier molecular flexibility index (Phi) is 5.50. The summed E-state index contributed by atoms with van der Waals surface area (Å²) in [5, 5.41) is 4.05. The predicted molar refractivity (Wildman–Crippen MR) is 112 cm³/mol. The summed E-state index contributed by atoms with van der Waals surface area (Å²) >= 11 is 0. The van der Waals surface area contributed by atoms with Crippen molar-refractivity contribution in [2.75, 3.05) is 18.0 Å². The molecular formula is C22H24N4OS. The van der Waals surface area contributed by atoms with Crippen molar-refractivity contribution in [2.45, 2.75) is 36.7 Å². The van der Waals surface area contributed by atoms with Crippen molar-refractivity contribution in [1.82, 2.24) is 15.3 Å². The molecule has 0 saturated heterocycles. The van der Waals surface area contributed by atoms with Crippen LogP contribution in [0.5, 0.6) is 0 Å². The van der Waals surface area contributed by atoms with Gasteiger partial charge < -0.3 is 10.2 Å². The van der Waals surface area contributed by atoms with E-state index in [-0.39, 0.29) is 0 Å². The molecule has 144 valence electrons. The summed E-state index contributed by atoms with van der Waals surface area (Å²) in [6, 6.07) is 14.4. The summed E-state index contributed by atoms with van der Waals surface area (Å²) in [5.41, 5.74) is 4.65. The standard InChI is InChI=1S/C22H24N4OS/c1-16-9-10-19-20(17(16)2)26(21-22(28(19)27)25-13-12-24-21)14-6-11-23-15-18-7-4-3-5-8-18/h3-5,7-10,12-13,23H,6,11,14-15H2,1-2H3. The monoisotopic (exact) mass is 392 g/mol. The minimum atomic E-state index is -1.29. The third kappa shape index (κ3) is 3.57. The molecule has 1 N–H and O–H groups in total. The maximum absolute atomic E-state index is 13.0. The van der Waals surface area contributed by atoms with Crippen LogP contribution in [-0.2, 0) is 17.3 Å². The number of aryl methyl sites for hydroxylation is 1.